The molecule has 0 atom stereocenters. The Balaban J connectivity index is 0.00000385. The molecule has 0 radical (unpaired) electrons. The monoisotopic (exact) mass is 570 g/mol. The number of hydrogen-bond donors (Lipinski definition) is 2. The van der Waals surface area contributed by atoms with Gasteiger partial charge in [-0.15, -0.1) is 24.0 Å². The third kappa shape index (κ3) is 8.65. The number of halogens is 1. The van der Waals surface area contributed by atoms with E-state index in [4.69, 9.17) is 4.74 Å². The van der Waals surface area contributed by atoms with Crippen LogP contribution < -0.4 is 15.4 Å². The average molecular weight is 571 g/mol. The second-order valence-corrected chi connectivity index (χ2v) is 9.21. The zero-order valence-corrected chi connectivity index (χ0v) is 23.0. The second-order valence-electron chi connectivity index (χ2n) is 9.21. The van der Waals surface area contributed by atoms with Gasteiger partial charge in [0.15, 0.2) is 5.96 Å². The molecule has 0 spiro atoms. The molecule has 186 valence electrons. The van der Waals surface area contributed by atoms with Crippen LogP contribution in [0.1, 0.15) is 77.2 Å². The number of carbonyl (C=O) groups excluding carboxylic acids is 1. The standard InChI is InChI=1S/C26H42N4O2.HI/c1-4-21(5-2)25(31)30-16-14-22(15-17-30)29-26(27-3)28-19-20-10-9-13-24(18-20)32-23-11-7-6-8-12-23;/h9-10,13,18,21-23H,4-8,11-12,14-17,19H2,1-3H3,(H2,27,28,29);1H. The lowest BCUT2D eigenvalue weighted by atomic mass is 9.98. The quantitative estimate of drug-likeness (QED) is 0.259. The molecule has 1 saturated heterocycles. The summed E-state index contributed by atoms with van der Waals surface area (Å²) < 4.78 is 6.21. The largest absolute Gasteiger partial charge is 0.490 e. The molecule has 0 unspecified atom stereocenters. The van der Waals surface area contributed by atoms with E-state index in [1.165, 1.54) is 37.7 Å². The molecule has 1 saturated carbocycles. The van der Waals surface area contributed by atoms with Crippen LogP contribution in [0.4, 0.5) is 0 Å². The third-order valence-corrected chi connectivity index (χ3v) is 6.92. The Morgan fingerprint density at radius 3 is 2.45 bits per heavy atom. The van der Waals surface area contributed by atoms with Gasteiger partial charge in [-0.3, -0.25) is 9.79 Å². The van der Waals surface area contributed by atoms with E-state index in [0.29, 0.717) is 24.6 Å². The number of carbonyl (C=O) groups is 1. The predicted octanol–water partition coefficient (Wildman–Crippen LogP) is 5.11. The fourth-order valence-electron chi connectivity index (χ4n) is 4.82. The van der Waals surface area contributed by atoms with Crippen LogP contribution in [-0.4, -0.2) is 49.0 Å². The van der Waals surface area contributed by atoms with Gasteiger partial charge in [0.05, 0.1) is 6.10 Å². The lowest BCUT2D eigenvalue weighted by molar-refractivity contribution is -0.136. The molecule has 1 aliphatic carbocycles. The van der Waals surface area contributed by atoms with E-state index < -0.39 is 0 Å². The first-order valence-corrected chi connectivity index (χ1v) is 12.6. The summed E-state index contributed by atoms with van der Waals surface area (Å²) in [5.74, 6) is 2.28. The Morgan fingerprint density at radius 2 is 1.82 bits per heavy atom. The van der Waals surface area contributed by atoms with Crippen molar-refractivity contribution in [1.82, 2.24) is 15.5 Å². The molecule has 1 aliphatic heterocycles. The molecular formula is C26H43IN4O2. The Labute approximate surface area is 217 Å². The molecule has 1 amide bonds. The van der Waals surface area contributed by atoms with Gasteiger partial charge in [0.2, 0.25) is 5.91 Å². The van der Waals surface area contributed by atoms with Crippen LogP contribution in [0.3, 0.4) is 0 Å². The number of hydrogen-bond acceptors (Lipinski definition) is 3. The highest BCUT2D eigenvalue weighted by atomic mass is 127. The number of nitrogens with one attached hydrogen (secondary N) is 2. The number of ether oxygens (including phenoxy) is 1. The number of nitrogens with zero attached hydrogens (tertiary/aromatic N) is 2. The van der Waals surface area contributed by atoms with Gasteiger partial charge < -0.3 is 20.3 Å². The maximum atomic E-state index is 12.6. The van der Waals surface area contributed by atoms with Crippen molar-refractivity contribution in [3.05, 3.63) is 29.8 Å². The summed E-state index contributed by atoms with van der Waals surface area (Å²) >= 11 is 0. The van der Waals surface area contributed by atoms with Crippen LogP contribution in [0.2, 0.25) is 0 Å². The number of piperidine rings is 1. The van der Waals surface area contributed by atoms with Crippen LogP contribution >= 0.6 is 24.0 Å². The Morgan fingerprint density at radius 1 is 1.12 bits per heavy atom. The van der Waals surface area contributed by atoms with E-state index in [0.717, 1.165) is 50.5 Å². The van der Waals surface area contributed by atoms with Crippen LogP contribution in [0.25, 0.3) is 0 Å². The zero-order valence-electron chi connectivity index (χ0n) is 20.6. The average Bonchev–Trinajstić information content (AvgIpc) is 2.83. The van der Waals surface area contributed by atoms with E-state index in [1.54, 1.807) is 0 Å². The lowest BCUT2D eigenvalue weighted by Gasteiger charge is -2.34. The molecule has 33 heavy (non-hydrogen) atoms. The SMILES string of the molecule is CCC(CC)C(=O)N1CCC(NC(=NC)NCc2cccc(OC3CCCCC3)c2)CC1.I. The topological polar surface area (TPSA) is 66.0 Å². The Hall–Kier alpha value is -1.51. The molecule has 0 bridgehead atoms. The maximum Gasteiger partial charge on any atom is 0.225 e. The van der Waals surface area contributed by atoms with Crippen LogP contribution in [0.5, 0.6) is 5.75 Å². The summed E-state index contributed by atoms with van der Waals surface area (Å²) in [5, 5.41) is 6.98. The molecule has 3 rings (SSSR count). The second kappa shape index (κ2) is 14.7. The number of benzene rings is 1. The highest BCUT2D eigenvalue weighted by Gasteiger charge is 2.26. The number of aliphatic imine (C=N–C) groups is 1. The first kappa shape index (κ1) is 27.7. The lowest BCUT2D eigenvalue weighted by Crippen LogP contribution is -2.50. The third-order valence-electron chi connectivity index (χ3n) is 6.92. The van der Waals surface area contributed by atoms with Gasteiger partial charge in [-0.1, -0.05) is 32.4 Å². The summed E-state index contributed by atoms with van der Waals surface area (Å²) in [7, 11) is 1.81. The van der Waals surface area contributed by atoms with Gasteiger partial charge in [0, 0.05) is 38.6 Å². The highest BCUT2D eigenvalue weighted by molar-refractivity contribution is 14.0. The predicted molar refractivity (Wildman–Crippen MR) is 146 cm³/mol. The number of amides is 1. The fraction of sp³-hybridized carbons (Fsp3) is 0.692. The minimum absolute atomic E-state index is 0. The van der Waals surface area contributed by atoms with E-state index in [2.05, 4.69) is 53.7 Å². The van der Waals surface area contributed by atoms with Gasteiger partial charge in [-0.05, 0) is 69.1 Å². The summed E-state index contributed by atoms with van der Waals surface area (Å²) in [4.78, 5) is 19.1. The summed E-state index contributed by atoms with van der Waals surface area (Å²) in [6.07, 6.45) is 10.4. The summed E-state index contributed by atoms with van der Waals surface area (Å²) in [5.41, 5.74) is 1.19. The van der Waals surface area contributed by atoms with Gasteiger partial charge in [-0.2, -0.15) is 0 Å². The Kier molecular flexibility index (Phi) is 12.3. The number of likely N-dealkylation sites (tertiary alicyclic amines) is 1. The highest BCUT2D eigenvalue weighted by Crippen LogP contribution is 2.24. The van der Waals surface area contributed by atoms with Gasteiger partial charge in [-0.25, -0.2) is 0 Å². The first-order valence-electron chi connectivity index (χ1n) is 12.6. The van der Waals surface area contributed by atoms with E-state index in [1.807, 2.05) is 11.9 Å². The normalized spacial score (nSPS) is 18.1. The van der Waals surface area contributed by atoms with Gasteiger partial charge >= 0.3 is 0 Å². The van der Waals surface area contributed by atoms with Crippen LogP contribution in [0, 0.1) is 5.92 Å². The van der Waals surface area contributed by atoms with E-state index >= 15 is 0 Å². The molecule has 6 nitrogen and oxygen atoms in total. The number of rotatable bonds is 8. The smallest absolute Gasteiger partial charge is 0.225 e. The molecule has 0 aromatic heterocycles. The minimum atomic E-state index is 0. The van der Waals surface area contributed by atoms with Crippen molar-refractivity contribution in [3.8, 4) is 5.75 Å². The van der Waals surface area contributed by atoms with Crippen molar-refractivity contribution in [2.75, 3.05) is 20.1 Å². The van der Waals surface area contributed by atoms with Crippen molar-refractivity contribution in [2.45, 2.75) is 90.3 Å². The minimum Gasteiger partial charge on any atom is -0.490 e. The molecule has 2 N–H and O–H groups in total. The molecule has 1 heterocycles. The molecule has 1 aromatic rings. The molecule has 1 aromatic carbocycles. The fourth-order valence-corrected chi connectivity index (χ4v) is 4.82. The first-order chi connectivity index (χ1) is 15.6. The molecule has 2 fully saturated rings. The van der Waals surface area contributed by atoms with Crippen molar-refractivity contribution in [1.29, 1.82) is 0 Å². The maximum absolute atomic E-state index is 12.6. The van der Waals surface area contributed by atoms with Crippen molar-refractivity contribution in [2.24, 2.45) is 10.9 Å². The van der Waals surface area contributed by atoms with E-state index in [-0.39, 0.29) is 29.9 Å². The molecule has 2 aliphatic rings. The van der Waals surface area contributed by atoms with Crippen molar-refractivity contribution < 1.29 is 9.53 Å². The number of guanidine groups is 1. The summed E-state index contributed by atoms with van der Waals surface area (Å²) in [6, 6.07) is 8.72. The van der Waals surface area contributed by atoms with Crippen molar-refractivity contribution in [3.63, 3.8) is 0 Å². The molecular weight excluding hydrogens is 527 g/mol. The molecule has 7 heteroatoms. The van der Waals surface area contributed by atoms with E-state index in [9.17, 15) is 4.79 Å². The Bertz CT molecular complexity index is 740. The van der Waals surface area contributed by atoms with Crippen LogP contribution in [-0.2, 0) is 11.3 Å². The summed E-state index contributed by atoms with van der Waals surface area (Å²) in [6.45, 7) is 6.56. The van der Waals surface area contributed by atoms with Gasteiger partial charge in [0.25, 0.3) is 0 Å². The van der Waals surface area contributed by atoms with Crippen LogP contribution in [0.15, 0.2) is 29.3 Å². The zero-order chi connectivity index (χ0) is 22.8. The van der Waals surface area contributed by atoms with Crippen molar-refractivity contribution >= 4 is 35.8 Å². The van der Waals surface area contributed by atoms with Gasteiger partial charge in [0.1, 0.15) is 5.75 Å².